The van der Waals surface area contributed by atoms with Gasteiger partial charge in [0.15, 0.2) is 5.17 Å². The van der Waals surface area contributed by atoms with Crippen LogP contribution < -0.4 is 5.32 Å². The van der Waals surface area contributed by atoms with Crippen molar-refractivity contribution >= 4 is 22.9 Å². The van der Waals surface area contributed by atoms with Crippen LogP contribution in [0.2, 0.25) is 0 Å². The normalized spacial score (nSPS) is 16.6. The summed E-state index contributed by atoms with van der Waals surface area (Å²) in [5, 5.41) is 3.93. The number of nitrogens with zero attached hydrogens (tertiary/aromatic N) is 1. The van der Waals surface area contributed by atoms with Crippen LogP contribution in [0.3, 0.4) is 0 Å². The number of halogens is 1. The molecule has 0 fully saturated rings. The first-order valence-corrected chi connectivity index (χ1v) is 9.72. The first kappa shape index (κ1) is 19.2. The number of amidine groups is 1. The van der Waals surface area contributed by atoms with E-state index in [2.05, 4.69) is 5.32 Å². The Bertz CT molecular complexity index is 864. The monoisotopic (exact) mass is 384 g/mol. The van der Waals surface area contributed by atoms with Gasteiger partial charge in [-0.25, -0.2) is 14.2 Å². The van der Waals surface area contributed by atoms with Crippen molar-refractivity contribution in [3.05, 3.63) is 82.8 Å². The topological polar surface area (TPSA) is 50.7 Å². The third-order valence-electron chi connectivity index (χ3n) is 4.12. The van der Waals surface area contributed by atoms with Crippen LogP contribution in [0.25, 0.3) is 0 Å². The summed E-state index contributed by atoms with van der Waals surface area (Å²) < 4.78 is 18.3. The second kappa shape index (κ2) is 8.86. The van der Waals surface area contributed by atoms with Crippen molar-refractivity contribution in [2.24, 2.45) is 4.99 Å². The van der Waals surface area contributed by atoms with Gasteiger partial charge in [0.1, 0.15) is 11.9 Å². The Morgan fingerprint density at radius 1 is 1.19 bits per heavy atom. The molecule has 3 rings (SSSR count). The first-order valence-electron chi connectivity index (χ1n) is 8.73. The lowest BCUT2D eigenvalue weighted by Crippen LogP contribution is -2.30. The molecule has 1 heterocycles. The average molecular weight is 384 g/mol. The number of carbonyl (C=O) groups excluding carboxylic acids is 1. The molecule has 0 saturated heterocycles. The fraction of sp³-hybridized carbons (Fsp3) is 0.238. The van der Waals surface area contributed by atoms with E-state index in [1.807, 2.05) is 37.3 Å². The number of allylic oxidation sites excluding steroid dienone is 1. The lowest BCUT2D eigenvalue weighted by molar-refractivity contribution is -0.138. The zero-order chi connectivity index (χ0) is 19.2. The molecule has 2 aromatic rings. The molecule has 0 aromatic heterocycles. The standard InChI is InChI=1S/C21H21FN2O2S/c1-3-26-20(25)18-14(2)23-21(24-19(18)16-7-5-4-6-8-16)27-13-15-9-11-17(22)12-10-15/h4-12,19H,3,13H2,1-2H3,(H,23,24)/t19-/m0/s1. The highest BCUT2D eigenvalue weighted by Crippen LogP contribution is 2.33. The Hall–Kier alpha value is -2.60. The van der Waals surface area contributed by atoms with E-state index in [0.29, 0.717) is 17.9 Å². The van der Waals surface area contributed by atoms with Gasteiger partial charge in [0, 0.05) is 11.4 Å². The van der Waals surface area contributed by atoms with Crippen molar-refractivity contribution in [1.82, 2.24) is 5.32 Å². The van der Waals surface area contributed by atoms with Crippen LogP contribution in [-0.4, -0.2) is 17.7 Å². The second-order valence-electron chi connectivity index (χ2n) is 6.05. The number of rotatable bonds is 5. The van der Waals surface area contributed by atoms with Crippen molar-refractivity contribution in [3.63, 3.8) is 0 Å². The van der Waals surface area contributed by atoms with Crippen LogP contribution in [0, 0.1) is 5.82 Å². The molecule has 1 atom stereocenters. The van der Waals surface area contributed by atoms with Gasteiger partial charge in [-0.15, -0.1) is 0 Å². The van der Waals surface area contributed by atoms with Crippen molar-refractivity contribution in [2.75, 3.05) is 6.61 Å². The minimum atomic E-state index is -0.415. The number of thioether (sulfide) groups is 1. The van der Waals surface area contributed by atoms with Crippen LogP contribution >= 0.6 is 11.8 Å². The van der Waals surface area contributed by atoms with Gasteiger partial charge in [-0.1, -0.05) is 54.2 Å². The molecule has 1 aliphatic rings. The molecule has 0 unspecified atom stereocenters. The Balaban J connectivity index is 1.84. The zero-order valence-corrected chi connectivity index (χ0v) is 16.1. The van der Waals surface area contributed by atoms with Crippen molar-refractivity contribution < 1.29 is 13.9 Å². The summed E-state index contributed by atoms with van der Waals surface area (Å²) in [7, 11) is 0. The summed E-state index contributed by atoms with van der Waals surface area (Å²) in [4.78, 5) is 17.2. The largest absolute Gasteiger partial charge is 0.463 e. The second-order valence-corrected chi connectivity index (χ2v) is 7.01. The molecular weight excluding hydrogens is 363 g/mol. The molecule has 0 spiro atoms. The predicted molar refractivity (Wildman–Crippen MR) is 107 cm³/mol. The highest BCUT2D eigenvalue weighted by Gasteiger charge is 2.30. The van der Waals surface area contributed by atoms with Gasteiger partial charge in [-0.2, -0.15) is 0 Å². The van der Waals surface area contributed by atoms with Crippen molar-refractivity contribution in [2.45, 2.75) is 25.6 Å². The molecule has 0 saturated carbocycles. The van der Waals surface area contributed by atoms with E-state index in [9.17, 15) is 9.18 Å². The highest BCUT2D eigenvalue weighted by molar-refractivity contribution is 8.13. The highest BCUT2D eigenvalue weighted by atomic mass is 32.2. The molecule has 140 valence electrons. The van der Waals surface area contributed by atoms with Crippen LogP contribution in [-0.2, 0) is 15.3 Å². The number of aliphatic imine (C=N–C) groups is 1. The number of nitrogens with one attached hydrogen (secondary N) is 1. The van der Waals surface area contributed by atoms with Crippen LogP contribution in [0.15, 0.2) is 70.9 Å². The zero-order valence-electron chi connectivity index (χ0n) is 15.2. The quantitative estimate of drug-likeness (QED) is 0.766. The Kier molecular flexibility index (Phi) is 6.29. The molecule has 0 amide bonds. The molecule has 6 heteroatoms. The third kappa shape index (κ3) is 4.77. The smallest absolute Gasteiger partial charge is 0.338 e. The summed E-state index contributed by atoms with van der Waals surface area (Å²) in [6.45, 7) is 3.96. The van der Waals surface area contributed by atoms with E-state index in [-0.39, 0.29) is 11.8 Å². The molecule has 0 radical (unpaired) electrons. The Labute approximate surface area is 162 Å². The maximum absolute atomic E-state index is 13.1. The predicted octanol–water partition coefficient (Wildman–Crippen LogP) is 4.60. The van der Waals surface area contributed by atoms with E-state index >= 15 is 0 Å². The van der Waals surface area contributed by atoms with Gasteiger partial charge in [0.25, 0.3) is 0 Å². The van der Waals surface area contributed by atoms with Gasteiger partial charge in [-0.3, -0.25) is 0 Å². The number of hydrogen-bond donors (Lipinski definition) is 1. The number of benzene rings is 2. The minimum absolute atomic E-state index is 0.251. The van der Waals surface area contributed by atoms with E-state index in [1.54, 1.807) is 19.1 Å². The lowest BCUT2D eigenvalue weighted by atomic mass is 9.97. The maximum Gasteiger partial charge on any atom is 0.338 e. The van der Waals surface area contributed by atoms with Gasteiger partial charge >= 0.3 is 5.97 Å². The SMILES string of the molecule is CCOC(=O)C1=C(C)NC(SCc2ccc(F)cc2)=N[C@H]1c1ccccc1. The molecule has 4 nitrogen and oxygen atoms in total. The van der Waals surface area contributed by atoms with E-state index in [0.717, 1.165) is 22.0 Å². The van der Waals surface area contributed by atoms with Crippen molar-refractivity contribution in [1.29, 1.82) is 0 Å². The van der Waals surface area contributed by atoms with E-state index in [4.69, 9.17) is 9.73 Å². The van der Waals surface area contributed by atoms with Gasteiger partial charge in [0.2, 0.25) is 0 Å². The Morgan fingerprint density at radius 3 is 2.56 bits per heavy atom. The fourth-order valence-corrected chi connectivity index (χ4v) is 3.70. The van der Waals surface area contributed by atoms with E-state index < -0.39 is 6.04 Å². The average Bonchev–Trinajstić information content (AvgIpc) is 2.68. The molecule has 0 aliphatic carbocycles. The fourth-order valence-electron chi connectivity index (χ4n) is 2.80. The molecule has 0 bridgehead atoms. The summed E-state index contributed by atoms with van der Waals surface area (Å²) in [6, 6.07) is 15.7. The maximum atomic E-state index is 13.1. The lowest BCUT2D eigenvalue weighted by Gasteiger charge is -2.25. The van der Waals surface area contributed by atoms with Crippen LogP contribution in [0.4, 0.5) is 4.39 Å². The number of esters is 1. The summed E-state index contributed by atoms with van der Waals surface area (Å²) >= 11 is 1.52. The van der Waals surface area contributed by atoms with Crippen LogP contribution in [0.5, 0.6) is 0 Å². The minimum Gasteiger partial charge on any atom is -0.463 e. The summed E-state index contributed by atoms with van der Waals surface area (Å²) in [5.41, 5.74) is 3.19. The molecule has 27 heavy (non-hydrogen) atoms. The van der Waals surface area contributed by atoms with Crippen LogP contribution in [0.1, 0.15) is 31.0 Å². The van der Waals surface area contributed by atoms with Gasteiger partial charge in [-0.05, 0) is 37.1 Å². The molecule has 2 aromatic carbocycles. The third-order valence-corrected chi connectivity index (χ3v) is 5.08. The number of carbonyl (C=O) groups is 1. The summed E-state index contributed by atoms with van der Waals surface area (Å²) in [5.74, 6) is 0.0388. The van der Waals surface area contributed by atoms with Gasteiger partial charge in [0.05, 0.1) is 12.2 Å². The summed E-state index contributed by atoms with van der Waals surface area (Å²) in [6.07, 6.45) is 0. The molecular formula is C21H21FN2O2S. The van der Waals surface area contributed by atoms with E-state index in [1.165, 1.54) is 23.9 Å². The van der Waals surface area contributed by atoms with Gasteiger partial charge < -0.3 is 10.1 Å². The number of ether oxygens (including phenoxy) is 1. The Morgan fingerprint density at radius 2 is 1.89 bits per heavy atom. The van der Waals surface area contributed by atoms with Crippen molar-refractivity contribution in [3.8, 4) is 0 Å². The first-order chi connectivity index (χ1) is 13.1. The molecule has 1 N–H and O–H groups in total. The number of hydrogen-bond acceptors (Lipinski definition) is 5. The molecule has 1 aliphatic heterocycles.